The minimum Gasteiger partial charge on any atom is -0.465 e. The molecule has 0 saturated heterocycles. The summed E-state index contributed by atoms with van der Waals surface area (Å²) < 4.78 is 4.79. The normalized spacial score (nSPS) is 10.3. The lowest BCUT2D eigenvalue weighted by Gasteiger charge is -2.11. The first kappa shape index (κ1) is 18.0. The van der Waals surface area contributed by atoms with E-state index in [0.29, 0.717) is 38.6 Å². The standard InChI is InChI=1S/C18H14Cl2N4O2/c1-26-18(25)14-4-2-3-5-15(14)24-17-9-16(21-10-22-17)23-13-7-11(19)6-12(20)8-13/h2-10H,1H3,(H2,21,22,23,24). The molecule has 0 aliphatic carbocycles. The van der Waals surface area contributed by atoms with E-state index in [4.69, 9.17) is 27.9 Å². The number of carbonyl (C=O) groups is 1. The van der Waals surface area contributed by atoms with Crippen LogP contribution in [0, 0.1) is 0 Å². The van der Waals surface area contributed by atoms with Gasteiger partial charge in [0, 0.05) is 21.8 Å². The summed E-state index contributed by atoms with van der Waals surface area (Å²) >= 11 is 12.0. The van der Waals surface area contributed by atoms with E-state index in [9.17, 15) is 4.79 Å². The molecule has 0 bridgehead atoms. The Kier molecular flexibility index (Phi) is 5.55. The number of nitrogens with one attached hydrogen (secondary N) is 2. The van der Waals surface area contributed by atoms with Crippen molar-refractivity contribution in [1.82, 2.24) is 9.97 Å². The number of anilines is 4. The van der Waals surface area contributed by atoms with Crippen molar-refractivity contribution in [2.75, 3.05) is 17.7 Å². The monoisotopic (exact) mass is 388 g/mol. The summed E-state index contributed by atoms with van der Waals surface area (Å²) in [6, 6.07) is 13.8. The van der Waals surface area contributed by atoms with E-state index in [1.807, 2.05) is 6.07 Å². The van der Waals surface area contributed by atoms with Crippen molar-refractivity contribution in [2.24, 2.45) is 0 Å². The maximum absolute atomic E-state index is 11.9. The summed E-state index contributed by atoms with van der Waals surface area (Å²) in [5.41, 5.74) is 1.68. The summed E-state index contributed by atoms with van der Waals surface area (Å²) in [5, 5.41) is 7.23. The zero-order valence-corrected chi connectivity index (χ0v) is 15.2. The SMILES string of the molecule is COC(=O)c1ccccc1Nc1cc(Nc2cc(Cl)cc(Cl)c2)ncn1. The Balaban J connectivity index is 1.83. The quantitative estimate of drug-likeness (QED) is 0.595. The van der Waals surface area contributed by atoms with Crippen LogP contribution >= 0.6 is 23.2 Å². The third-order valence-corrected chi connectivity index (χ3v) is 3.83. The van der Waals surface area contributed by atoms with Crippen molar-refractivity contribution in [3.05, 3.63) is 70.5 Å². The van der Waals surface area contributed by atoms with E-state index in [2.05, 4.69) is 20.6 Å². The lowest BCUT2D eigenvalue weighted by Crippen LogP contribution is -2.06. The Morgan fingerprint density at radius 1 is 0.962 bits per heavy atom. The largest absolute Gasteiger partial charge is 0.465 e. The molecule has 6 nitrogen and oxygen atoms in total. The Morgan fingerprint density at radius 3 is 2.31 bits per heavy atom. The molecular weight excluding hydrogens is 375 g/mol. The zero-order chi connectivity index (χ0) is 18.5. The van der Waals surface area contributed by atoms with E-state index in [-0.39, 0.29) is 0 Å². The second kappa shape index (κ2) is 8.03. The minimum absolute atomic E-state index is 0.407. The molecule has 0 amide bonds. The fourth-order valence-electron chi connectivity index (χ4n) is 2.29. The van der Waals surface area contributed by atoms with Crippen LogP contribution in [-0.2, 0) is 4.74 Å². The summed E-state index contributed by atoms with van der Waals surface area (Å²) in [7, 11) is 1.34. The van der Waals surface area contributed by atoms with Crippen molar-refractivity contribution in [1.29, 1.82) is 0 Å². The molecule has 2 N–H and O–H groups in total. The second-order valence-corrected chi connectivity index (χ2v) is 6.11. The van der Waals surface area contributed by atoms with Gasteiger partial charge in [0.1, 0.15) is 18.0 Å². The fourth-order valence-corrected chi connectivity index (χ4v) is 2.81. The number of rotatable bonds is 5. The van der Waals surface area contributed by atoms with Crippen molar-refractivity contribution in [3.8, 4) is 0 Å². The number of nitrogens with zero attached hydrogens (tertiary/aromatic N) is 2. The molecule has 0 fully saturated rings. The molecule has 0 unspecified atom stereocenters. The van der Waals surface area contributed by atoms with E-state index >= 15 is 0 Å². The molecule has 0 saturated carbocycles. The number of hydrogen-bond donors (Lipinski definition) is 2. The first-order valence-electron chi connectivity index (χ1n) is 7.54. The number of benzene rings is 2. The average Bonchev–Trinajstić information content (AvgIpc) is 2.61. The Bertz CT molecular complexity index is 930. The van der Waals surface area contributed by atoms with Crippen molar-refractivity contribution in [3.63, 3.8) is 0 Å². The van der Waals surface area contributed by atoms with Gasteiger partial charge in [-0.05, 0) is 30.3 Å². The number of halogens is 2. The van der Waals surface area contributed by atoms with Crippen LogP contribution in [0.2, 0.25) is 10.0 Å². The molecule has 0 aliphatic rings. The Labute approximate surface area is 160 Å². The van der Waals surface area contributed by atoms with Gasteiger partial charge < -0.3 is 15.4 Å². The number of ether oxygens (including phenoxy) is 1. The molecule has 3 rings (SSSR count). The first-order valence-corrected chi connectivity index (χ1v) is 8.30. The van der Waals surface area contributed by atoms with Crippen LogP contribution < -0.4 is 10.6 Å². The summed E-state index contributed by atoms with van der Waals surface area (Å²) in [5.74, 6) is 0.609. The molecule has 2 aromatic carbocycles. The molecule has 8 heteroatoms. The Hall–Kier alpha value is -2.83. The number of aromatic nitrogens is 2. The van der Waals surface area contributed by atoms with Gasteiger partial charge in [0.15, 0.2) is 0 Å². The van der Waals surface area contributed by atoms with E-state index in [1.54, 1.807) is 42.5 Å². The first-order chi connectivity index (χ1) is 12.5. The number of esters is 1. The maximum Gasteiger partial charge on any atom is 0.339 e. The van der Waals surface area contributed by atoms with Crippen molar-refractivity contribution < 1.29 is 9.53 Å². The van der Waals surface area contributed by atoms with E-state index in [0.717, 1.165) is 0 Å². The highest BCUT2D eigenvalue weighted by Gasteiger charge is 2.11. The van der Waals surface area contributed by atoms with Gasteiger partial charge in [-0.15, -0.1) is 0 Å². The molecule has 1 aromatic heterocycles. The highest BCUT2D eigenvalue weighted by molar-refractivity contribution is 6.35. The molecule has 0 aliphatic heterocycles. The zero-order valence-electron chi connectivity index (χ0n) is 13.7. The summed E-state index contributed by atoms with van der Waals surface area (Å²) in [6.45, 7) is 0. The van der Waals surface area contributed by atoms with Crippen LogP contribution in [0.5, 0.6) is 0 Å². The smallest absolute Gasteiger partial charge is 0.339 e. The highest BCUT2D eigenvalue weighted by Crippen LogP contribution is 2.26. The third kappa shape index (κ3) is 4.41. The second-order valence-electron chi connectivity index (χ2n) is 5.23. The van der Waals surface area contributed by atoms with Gasteiger partial charge >= 0.3 is 5.97 Å². The summed E-state index contributed by atoms with van der Waals surface area (Å²) in [6.07, 6.45) is 1.40. The maximum atomic E-state index is 11.9. The van der Waals surface area contributed by atoms with E-state index in [1.165, 1.54) is 13.4 Å². The molecule has 3 aromatic rings. The van der Waals surface area contributed by atoms with E-state index < -0.39 is 5.97 Å². The molecule has 0 spiro atoms. The molecule has 0 atom stereocenters. The van der Waals surface area contributed by atoms with Crippen LogP contribution in [0.4, 0.5) is 23.0 Å². The van der Waals surface area contributed by atoms with Gasteiger partial charge in [0.25, 0.3) is 0 Å². The van der Waals surface area contributed by atoms with Crippen molar-refractivity contribution in [2.45, 2.75) is 0 Å². The fraction of sp³-hybridized carbons (Fsp3) is 0.0556. The predicted octanol–water partition coefficient (Wildman–Crippen LogP) is 5.06. The molecule has 1 heterocycles. The lowest BCUT2D eigenvalue weighted by atomic mass is 10.2. The van der Waals surface area contributed by atoms with Crippen LogP contribution in [0.3, 0.4) is 0 Å². The van der Waals surface area contributed by atoms with Gasteiger partial charge in [0.05, 0.1) is 18.4 Å². The molecule has 26 heavy (non-hydrogen) atoms. The van der Waals surface area contributed by atoms with Crippen LogP contribution in [0.25, 0.3) is 0 Å². The lowest BCUT2D eigenvalue weighted by molar-refractivity contribution is 0.0602. The van der Waals surface area contributed by atoms with Gasteiger partial charge in [0.2, 0.25) is 0 Å². The van der Waals surface area contributed by atoms with Crippen LogP contribution in [-0.4, -0.2) is 23.0 Å². The van der Waals surface area contributed by atoms with Gasteiger partial charge in [-0.25, -0.2) is 14.8 Å². The highest BCUT2D eigenvalue weighted by atomic mass is 35.5. The van der Waals surface area contributed by atoms with Gasteiger partial charge in [-0.3, -0.25) is 0 Å². The molecule has 132 valence electrons. The number of para-hydroxylation sites is 1. The number of methoxy groups -OCH3 is 1. The van der Waals surface area contributed by atoms with Crippen molar-refractivity contribution >= 4 is 52.2 Å². The average molecular weight is 389 g/mol. The van der Waals surface area contributed by atoms with Gasteiger partial charge in [-0.1, -0.05) is 35.3 Å². The molecule has 0 radical (unpaired) electrons. The number of carbonyl (C=O) groups excluding carboxylic acids is 1. The van der Waals surface area contributed by atoms with Gasteiger partial charge in [-0.2, -0.15) is 0 Å². The summed E-state index contributed by atoms with van der Waals surface area (Å²) in [4.78, 5) is 20.2. The third-order valence-electron chi connectivity index (χ3n) is 3.40. The number of hydrogen-bond acceptors (Lipinski definition) is 6. The van der Waals surface area contributed by atoms with Crippen LogP contribution in [0.1, 0.15) is 10.4 Å². The predicted molar refractivity (Wildman–Crippen MR) is 103 cm³/mol. The topological polar surface area (TPSA) is 76.1 Å². The Morgan fingerprint density at radius 2 is 1.62 bits per heavy atom. The minimum atomic E-state index is -0.436. The molecular formula is C18H14Cl2N4O2. The van der Waals surface area contributed by atoms with Crippen LogP contribution in [0.15, 0.2) is 54.9 Å².